The third kappa shape index (κ3) is 1.68. The van der Waals surface area contributed by atoms with Crippen LogP contribution in [0.2, 0.25) is 5.54 Å². The number of hydrogen-bond acceptors (Lipinski definition) is 0. The molecule has 1 aliphatic rings. The molecule has 0 N–H and O–H groups in total. The van der Waals surface area contributed by atoms with Gasteiger partial charge in [-0.1, -0.05) is 16.7 Å². The highest BCUT2D eigenvalue weighted by atomic mass is 28.1. The van der Waals surface area contributed by atoms with Crippen molar-refractivity contribution in [3.05, 3.63) is 11.1 Å². The maximum absolute atomic E-state index is 2.29. The lowest BCUT2D eigenvalue weighted by molar-refractivity contribution is 0.671. The molecule has 0 radical (unpaired) electrons. The SMILES string of the molecule is CC1=C(C)CC([SiH3])CC1. The van der Waals surface area contributed by atoms with Crippen molar-refractivity contribution >= 4 is 10.2 Å². The van der Waals surface area contributed by atoms with E-state index in [0.717, 1.165) is 5.54 Å². The predicted octanol–water partition coefficient (Wildman–Crippen LogP) is 1.66. The molecule has 0 spiro atoms. The summed E-state index contributed by atoms with van der Waals surface area (Å²) in [6, 6.07) is 0. The summed E-state index contributed by atoms with van der Waals surface area (Å²) in [6.45, 7) is 4.57. The third-order valence-electron chi connectivity index (χ3n) is 2.40. The van der Waals surface area contributed by atoms with E-state index in [1.807, 2.05) is 0 Å². The largest absolute Gasteiger partial charge is 0.0744 e. The van der Waals surface area contributed by atoms with Gasteiger partial charge in [0, 0.05) is 10.2 Å². The van der Waals surface area contributed by atoms with Crippen LogP contribution in [-0.2, 0) is 0 Å². The minimum atomic E-state index is 1.08. The second kappa shape index (κ2) is 2.69. The lowest BCUT2D eigenvalue weighted by Crippen LogP contribution is -2.02. The Morgan fingerprint density at radius 2 is 2.00 bits per heavy atom. The van der Waals surface area contributed by atoms with E-state index in [4.69, 9.17) is 0 Å². The van der Waals surface area contributed by atoms with Gasteiger partial charge >= 0.3 is 0 Å². The zero-order chi connectivity index (χ0) is 6.85. The zero-order valence-electron chi connectivity index (χ0n) is 6.70. The molecular formula is C8H16Si. The Hall–Kier alpha value is -0.0431. The molecule has 1 unspecified atom stereocenters. The first-order chi connectivity index (χ1) is 4.20. The Labute approximate surface area is 60.8 Å². The summed E-state index contributed by atoms with van der Waals surface area (Å²) in [5.74, 6) is 0. The Morgan fingerprint density at radius 3 is 2.44 bits per heavy atom. The highest BCUT2D eigenvalue weighted by molar-refractivity contribution is 6.11. The van der Waals surface area contributed by atoms with Crippen molar-refractivity contribution in [2.45, 2.75) is 38.7 Å². The lowest BCUT2D eigenvalue weighted by atomic mass is 9.93. The van der Waals surface area contributed by atoms with E-state index >= 15 is 0 Å². The molecule has 0 saturated carbocycles. The number of allylic oxidation sites excluding steroid dienone is 2. The molecule has 1 atom stereocenters. The van der Waals surface area contributed by atoms with Crippen LogP contribution in [0.5, 0.6) is 0 Å². The van der Waals surface area contributed by atoms with Gasteiger partial charge in [-0.2, -0.15) is 0 Å². The van der Waals surface area contributed by atoms with E-state index in [0.29, 0.717) is 0 Å². The first-order valence-electron chi connectivity index (χ1n) is 3.85. The van der Waals surface area contributed by atoms with Crippen LogP contribution < -0.4 is 0 Å². The van der Waals surface area contributed by atoms with Gasteiger partial charge in [-0.3, -0.25) is 0 Å². The Morgan fingerprint density at radius 1 is 1.33 bits per heavy atom. The second-order valence-corrected chi connectivity index (χ2v) is 5.04. The minimum Gasteiger partial charge on any atom is -0.0744 e. The fourth-order valence-electron chi connectivity index (χ4n) is 1.48. The molecule has 1 aliphatic carbocycles. The molecule has 1 heteroatoms. The van der Waals surface area contributed by atoms with Gasteiger partial charge in [0.2, 0.25) is 0 Å². The van der Waals surface area contributed by atoms with E-state index in [1.54, 1.807) is 11.1 Å². The molecule has 0 heterocycles. The molecule has 0 bridgehead atoms. The van der Waals surface area contributed by atoms with Crippen molar-refractivity contribution in [3.63, 3.8) is 0 Å². The summed E-state index contributed by atoms with van der Waals surface area (Å²) < 4.78 is 0. The lowest BCUT2D eigenvalue weighted by Gasteiger charge is -2.20. The van der Waals surface area contributed by atoms with Crippen LogP contribution in [0.15, 0.2) is 11.1 Å². The van der Waals surface area contributed by atoms with Gasteiger partial charge in [0.25, 0.3) is 0 Å². The van der Waals surface area contributed by atoms with Gasteiger partial charge in [-0.05, 0) is 33.1 Å². The first kappa shape index (κ1) is 7.07. The number of rotatable bonds is 0. The molecule has 0 aromatic rings. The molecule has 0 nitrogen and oxygen atoms in total. The molecule has 0 amide bonds. The maximum atomic E-state index is 2.29. The quantitative estimate of drug-likeness (QED) is 0.354. The van der Waals surface area contributed by atoms with Crippen LogP contribution in [0.25, 0.3) is 0 Å². The van der Waals surface area contributed by atoms with Crippen LogP contribution in [0, 0.1) is 0 Å². The van der Waals surface area contributed by atoms with E-state index in [2.05, 4.69) is 13.8 Å². The molecular weight excluding hydrogens is 124 g/mol. The molecule has 0 aliphatic heterocycles. The molecule has 0 aromatic heterocycles. The highest BCUT2D eigenvalue weighted by Gasteiger charge is 2.10. The third-order valence-corrected chi connectivity index (χ3v) is 3.38. The van der Waals surface area contributed by atoms with Gasteiger partial charge in [-0.25, -0.2) is 0 Å². The first-order valence-corrected chi connectivity index (χ1v) is 5.01. The molecule has 52 valence electrons. The molecule has 9 heavy (non-hydrogen) atoms. The molecule has 0 fully saturated rings. The standard InChI is InChI=1S/C8H16Si/c1-6-3-4-8(9)5-7(6)2/h8H,3-5H2,1-2,9H3. The summed E-state index contributed by atoms with van der Waals surface area (Å²) in [4.78, 5) is 0. The van der Waals surface area contributed by atoms with Crippen LogP contribution in [0.1, 0.15) is 33.1 Å². The van der Waals surface area contributed by atoms with E-state index < -0.39 is 0 Å². The van der Waals surface area contributed by atoms with Gasteiger partial charge in [0.1, 0.15) is 0 Å². The van der Waals surface area contributed by atoms with Crippen molar-refractivity contribution < 1.29 is 0 Å². The van der Waals surface area contributed by atoms with Gasteiger partial charge < -0.3 is 0 Å². The topological polar surface area (TPSA) is 0 Å². The number of hydrogen-bond donors (Lipinski definition) is 0. The van der Waals surface area contributed by atoms with Crippen LogP contribution >= 0.6 is 0 Å². The summed E-state index contributed by atoms with van der Waals surface area (Å²) >= 11 is 0. The normalized spacial score (nSPS) is 29.3. The molecule has 0 aromatic carbocycles. The van der Waals surface area contributed by atoms with Crippen molar-refractivity contribution in [2.75, 3.05) is 0 Å². The summed E-state index contributed by atoms with van der Waals surface area (Å²) in [5, 5.41) is 0. The van der Waals surface area contributed by atoms with E-state index in [-0.39, 0.29) is 0 Å². The van der Waals surface area contributed by atoms with Crippen LogP contribution in [0.4, 0.5) is 0 Å². The summed E-state index contributed by atoms with van der Waals surface area (Å²) in [7, 11) is 1.40. The molecule has 1 rings (SSSR count). The highest BCUT2D eigenvalue weighted by Crippen LogP contribution is 2.30. The van der Waals surface area contributed by atoms with Gasteiger partial charge in [-0.15, -0.1) is 0 Å². The van der Waals surface area contributed by atoms with Crippen LogP contribution in [0.3, 0.4) is 0 Å². The molecule has 0 saturated heterocycles. The van der Waals surface area contributed by atoms with Crippen LogP contribution in [-0.4, -0.2) is 10.2 Å². The average Bonchev–Trinajstić information content (AvgIpc) is 1.80. The maximum Gasteiger partial charge on any atom is 0.00715 e. The fraction of sp³-hybridized carbons (Fsp3) is 0.750. The monoisotopic (exact) mass is 140 g/mol. The van der Waals surface area contributed by atoms with Crippen molar-refractivity contribution in [2.24, 2.45) is 0 Å². The average molecular weight is 140 g/mol. The van der Waals surface area contributed by atoms with E-state index in [1.165, 1.54) is 29.5 Å². The van der Waals surface area contributed by atoms with Crippen molar-refractivity contribution in [3.8, 4) is 0 Å². The smallest absolute Gasteiger partial charge is 0.00715 e. The Kier molecular flexibility index (Phi) is 2.12. The summed E-state index contributed by atoms with van der Waals surface area (Å²) in [5.41, 5.74) is 4.40. The second-order valence-electron chi connectivity index (χ2n) is 3.41. The van der Waals surface area contributed by atoms with E-state index in [9.17, 15) is 0 Å². The van der Waals surface area contributed by atoms with Crippen molar-refractivity contribution in [1.29, 1.82) is 0 Å². The Balaban J connectivity index is 2.61. The van der Waals surface area contributed by atoms with Gasteiger partial charge in [0.05, 0.1) is 0 Å². The minimum absolute atomic E-state index is 1.08. The summed E-state index contributed by atoms with van der Waals surface area (Å²) in [6.07, 6.45) is 4.24. The zero-order valence-corrected chi connectivity index (χ0v) is 8.70. The van der Waals surface area contributed by atoms with Gasteiger partial charge in [0.15, 0.2) is 0 Å². The predicted molar refractivity (Wildman–Crippen MR) is 45.9 cm³/mol. The Bertz CT molecular complexity index is 136. The fourth-order valence-corrected chi connectivity index (χ4v) is 2.38. The van der Waals surface area contributed by atoms with Crippen molar-refractivity contribution in [1.82, 2.24) is 0 Å².